The number of carbonyl (C=O) groups is 2. The molecule has 0 aromatic carbocycles. The largest absolute Gasteiger partial charge is 0.416 e. The van der Waals surface area contributed by atoms with Crippen LogP contribution in [0.3, 0.4) is 0 Å². The Balaban J connectivity index is 1.59. The average Bonchev–Trinajstić information content (AvgIpc) is 2.87. The van der Waals surface area contributed by atoms with Crippen molar-refractivity contribution >= 4 is 21.9 Å². The number of rotatable bonds is 7. The summed E-state index contributed by atoms with van der Waals surface area (Å²) in [6.45, 7) is 2.13. The van der Waals surface area contributed by atoms with Crippen molar-refractivity contribution in [3.05, 3.63) is 69.7 Å². The first-order valence-electron chi connectivity index (χ1n) is 12.1. The molecule has 0 aromatic heterocycles. The molecule has 3 aliphatic carbocycles. The Bertz CT molecular complexity index is 1350. The molecule has 37 heavy (non-hydrogen) atoms. The minimum atomic E-state index is -4.85. The Kier molecular flexibility index (Phi) is 7.76. The first-order chi connectivity index (χ1) is 17.5. The number of piperidine rings is 1. The van der Waals surface area contributed by atoms with E-state index in [2.05, 4.69) is 18.8 Å². The minimum absolute atomic E-state index is 0.129. The van der Waals surface area contributed by atoms with E-state index in [1.165, 1.54) is 12.2 Å². The van der Waals surface area contributed by atoms with Gasteiger partial charge < -0.3 is 0 Å². The smallest absolute Gasteiger partial charge is 0.267 e. The number of hydroxylamine groups is 2. The summed E-state index contributed by atoms with van der Waals surface area (Å²) in [7, 11) is -4.85. The van der Waals surface area contributed by atoms with Gasteiger partial charge in [-0.05, 0) is 31.4 Å². The molecule has 0 radical (unpaired) electrons. The third-order valence-electron chi connectivity index (χ3n) is 6.57. The fourth-order valence-electron chi connectivity index (χ4n) is 4.67. The first-order valence-corrected chi connectivity index (χ1v) is 13.6. The van der Waals surface area contributed by atoms with Crippen molar-refractivity contribution in [2.75, 3.05) is 0 Å². The standard InChI is InChI=1S/C27H26F3NO5S/c1-2-3-4-5-6-7-10-18-15-16-23-24-21(18)13-9-14-22(24)25(32)31(26(23)33)36-37(34,35)20-12-8-11-19(17-20)27(28,29)30/h9,11,13-17,21,24H,2-6,8,12H2,1H3. The van der Waals surface area contributed by atoms with Crippen LogP contribution in [0.15, 0.2) is 69.7 Å². The summed E-state index contributed by atoms with van der Waals surface area (Å²) in [6.07, 6.45) is 9.40. The van der Waals surface area contributed by atoms with Crippen LogP contribution >= 0.6 is 0 Å². The molecule has 1 saturated heterocycles. The second kappa shape index (κ2) is 10.7. The monoisotopic (exact) mass is 533 g/mol. The number of amides is 2. The predicted octanol–water partition coefficient (Wildman–Crippen LogP) is 5.35. The van der Waals surface area contributed by atoms with E-state index in [1.54, 1.807) is 12.2 Å². The summed E-state index contributed by atoms with van der Waals surface area (Å²) in [6, 6.07) is 0. The van der Waals surface area contributed by atoms with E-state index in [-0.39, 0.29) is 35.0 Å². The SMILES string of the molecule is CCCCCCC#CC1=CC=C2C(=O)N(OS(=O)(=O)C3=CC(C(F)(F)F)=CCC3)C(=O)C3=CC=CC1C32. The highest BCUT2D eigenvalue weighted by molar-refractivity contribution is 7.90. The van der Waals surface area contributed by atoms with Crippen LogP contribution in [0.25, 0.3) is 0 Å². The highest BCUT2D eigenvalue weighted by atomic mass is 32.2. The van der Waals surface area contributed by atoms with E-state index < -0.39 is 44.5 Å². The van der Waals surface area contributed by atoms with Gasteiger partial charge in [0, 0.05) is 35.0 Å². The summed E-state index contributed by atoms with van der Waals surface area (Å²) in [5.41, 5.74) is -0.0818. The molecular weight excluding hydrogens is 507 g/mol. The number of hydrogen-bond acceptors (Lipinski definition) is 5. The molecule has 6 nitrogen and oxygen atoms in total. The molecule has 2 amide bonds. The zero-order valence-corrected chi connectivity index (χ0v) is 21.0. The van der Waals surface area contributed by atoms with Crippen LogP contribution in [-0.4, -0.2) is 31.5 Å². The topological polar surface area (TPSA) is 80.8 Å². The van der Waals surface area contributed by atoms with Gasteiger partial charge >= 0.3 is 16.3 Å². The van der Waals surface area contributed by atoms with Gasteiger partial charge in [-0.25, -0.2) is 0 Å². The molecule has 4 rings (SSSR count). The van der Waals surface area contributed by atoms with Gasteiger partial charge in [-0.15, -0.1) is 9.35 Å². The van der Waals surface area contributed by atoms with Gasteiger partial charge in [-0.2, -0.15) is 21.6 Å². The lowest BCUT2D eigenvalue weighted by Crippen LogP contribution is -2.50. The Morgan fingerprint density at radius 3 is 2.51 bits per heavy atom. The third kappa shape index (κ3) is 5.58. The summed E-state index contributed by atoms with van der Waals surface area (Å²) < 4.78 is 69.7. The maximum Gasteiger partial charge on any atom is 0.416 e. The molecule has 0 aromatic rings. The van der Waals surface area contributed by atoms with Crippen LogP contribution in [0, 0.1) is 23.7 Å². The second-order valence-electron chi connectivity index (χ2n) is 9.11. The van der Waals surface area contributed by atoms with E-state index in [9.17, 15) is 31.2 Å². The van der Waals surface area contributed by atoms with Crippen molar-refractivity contribution in [3.8, 4) is 11.8 Å². The number of alkyl halides is 3. The van der Waals surface area contributed by atoms with Crippen LogP contribution < -0.4 is 0 Å². The molecule has 2 atom stereocenters. The summed E-state index contributed by atoms with van der Waals surface area (Å²) in [5, 5.41) is 0.129. The molecular formula is C27H26F3NO5S. The van der Waals surface area contributed by atoms with Gasteiger partial charge in [-0.1, -0.05) is 68.4 Å². The predicted molar refractivity (Wildman–Crippen MR) is 130 cm³/mol. The van der Waals surface area contributed by atoms with Crippen molar-refractivity contribution in [2.24, 2.45) is 11.8 Å². The molecule has 196 valence electrons. The zero-order valence-electron chi connectivity index (χ0n) is 20.2. The van der Waals surface area contributed by atoms with E-state index in [0.717, 1.165) is 43.8 Å². The number of hydrogen-bond donors (Lipinski definition) is 0. The van der Waals surface area contributed by atoms with Crippen molar-refractivity contribution in [2.45, 2.75) is 58.0 Å². The Morgan fingerprint density at radius 2 is 1.81 bits per heavy atom. The van der Waals surface area contributed by atoms with Gasteiger partial charge in [0.15, 0.2) is 0 Å². The quantitative estimate of drug-likeness (QED) is 0.250. The number of halogens is 3. The second-order valence-corrected chi connectivity index (χ2v) is 10.7. The first kappa shape index (κ1) is 26.9. The van der Waals surface area contributed by atoms with Gasteiger partial charge in [0.1, 0.15) is 0 Å². The Labute approximate surface area is 214 Å². The van der Waals surface area contributed by atoms with Gasteiger partial charge in [-0.3, -0.25) is 9.59 Å². The fraction of sp³-hybridized carbons (Fsp3) is 0.407. The molecule has 10 heteroatoms. The molecule has 0 spiro atoms. The van der Waals surface area contributed by atoms with Crippen LogP contribution in [0.5, 0.6) is 0 Å². The van der Waals surface area contributed by atoms with Gasteiger partial charge in [0.25, 0.3) is 11.8 Å². The van der Waals surface area contributed by atoms with Crippen molar-refractivity contribution < 1.29 is 35.5 Å². The van der Waals surface area contributed by atoms with Crippen LogP contribution in [0.2, 0.25) is 0 Å². The van der Waals surface area contributed by atoms with Crippen LogP contribution in [-0.2, 0) is 24.0 Å². The zero-order chi connectivity index (χ0) is 26.8. The number of carbonyl (C=O) groups excluding carboxylic acids is 2. The highest BCUT2D eigenvalue weighted by Crippen LogP contribution is 2.44. The molecule has 0 bridgehead atoms. The van der Waals surface area contributed by atoms with E-state index >= 15 is 0 Å². The summed E-state index contributed by atoms with van der Waals surface area (Å²) in [5.74, 6) is 3.35. The number of unbranched alkanes of at least 4 members (excludes halogenated alkanes) is 4. The van der Waals surface area contributed by atoms with Crippen molar-refractivity contribution in [3.63, 3.8) is 0 Å². The minimum Gasteiger partial charge on any atom is -0.267 e. The number of nitrogens with zero attached hydrogens (tertiary/aromatic N) is 1. The van der Waals surface area contributed by atoms with E-state index in [4.69, 9.17) is 4.28 Å². The lowest BCUT2D eigenvalue weighted by atomic mass is 9.69. The molecule has 1 heterocycles. The Hall–Kier alpha value is -3.16. The maximum absolute atomic E-state index is 13.2. The molecule has 1 fully saturated rings. The lowest BCUT2D eigenvalue weighted by Gasteiger charge is -2.39. The number of imide groups is 1. The lowest BCUT2D eigenvalue weighted by molar-refractivity contribution is -0.168. The normalized spacial score (nSPS) is 23.2. The third-order valence-corrected chi connectivity index (χ3v) is 7.88. The number of allylic oxidation sites excluding steroid dienone is 10. The fourth-order valence-corrected chi connectivity index (χ4v) is 5.74. The van der Waals surface area contributed by atoms with E-state index in [1.807, 2.05) is 6.08 Å². The summed E-state index contributed by atoms with van der Waals surface area (Å²) in [4.78, 5) is 25.7. The van der Waals surface area contributed by atoms with E-state index in [0.29, 0.717) is 6.08 Å². The van der Waals surface area contributed by atoms with Crippen molar-refractivity contribution in [1.82, 2.24) is 5.06 Å². The molecule has 0 N–H and O–H groups in total. The molecule has 1 aliphatic heterocycles. The van der Waals surface area contributed by atoms with Crippen molar-refractivity contribution in [1.29, 1.82) is 0 Å². The molecule has 2 unspecified atom stereocenters. The molecule has 0 saturated carbocycles. The average molecular weight is 534 g/mol. The highest BCUT2D eigenvalue weighted by Gasteiger charge is 2.49. The maximum atomic E-state index is 13.2. The molecule has 4 aliphatic rings. The van der Waals surface area contributed by atoms with Gasteiger partial charge in [0.2, 0.25) is 0 Å². The van der Waals surface area contributed by atoms with Crippen LogP contribution in [0.1, 0.15) is 51.9 Å². The Morgan fingerprint density at radius 1 is 1.08 bits per heavy atom. The van der Waals surface area contributed by atoms with Gasteiger partial charge in [0.05, 0.1) is 10.5 Å². The van der Waals surface area contributed by atoms with Crippen LogP contribution in [0.4, 0.5) is 13.2 Å². The summed E-state index contributed by atoms with van der Waals surface area (Å²) >= 11 is 0.